The van der Waals surface area contributed by atoms with Gasteiger partial charge in [-0.2, -0.15) is 0 Å². The summed E-state index contributed by atoms with van der Waals surface area (Å²) in [5.74, 6) is -0.931. The van der Waals surface area contributed by atoms with Gasteiger partial charge in [-0.15, -0.1) is 0 Å². The second-order valence-electron chi connectivity index (χ2n) is 5.25. The minimum atomic E-state index is -3.86. The first-order valence-electron chi connectivity index (χ1n) is 7.27. The molecule has 0 atom stereocenters. The van der Waals surface area contributed by atoms with Crippen LogP contribution in [0.5, 0.6) is 0 Å². The maximum atomic E-state index is 12.9. The predicted octanol–water partition coefficient (Wildman–Crippen LogP) is 1.52. The monoisotopic (exact) mass is 345 g/mol. The molecule has 1 aliphatic heterocycles. The third-order valence-corrected chi connectivity index (χ3v) is 5.79. The second-order valence-corrected chi connectivity index (χ2v) is 7.11. The topological polar surface area (TPSA) is 87.7 Å². The van der Waals surface area contributed by atoms with Crippen molar-refractivity contribution in [3.05, 3.63) is 53.9 Å². The van der Waals surface area contributed by atoms with Crippen molar-refractivity contribution in [3.8, 4) is 0 Å². The number of aromatic nitrogens is 1. The third kappa shape index (κ3) is 2.35. The van der Waals surface area contributed by atoms with Gasteiger partial charge in [0.2, 0.25) is 0 Å². The van der Waals surface area contributed by atoms with Gasteiger partial charge in [-0.05, 0) is 37.3 Å². The Bertz CT molecular complexity index is 926. The lowest BCUT2D eigenvalue weighted by molar-refractivity contribution is 0.0693. The highest BCUT2D eigenvalue weighted by Gasteiger charge is 2.34. The number of carbonyl (C=O) groups is 2. The van der Waals surface area contributed by atoms with Gasteiger partial charge >= 0.3 is 0 Å². The van der Waals surface area contributed by atoms with Crippen LogP contribution in [-0.4, -0.2) is 43.7 Å². The van der Waals surface area contributed by atoms with E-state index < -0.39 is 21.8 Å². The van der Waals surface area contributed by atoms with E-state index in [-0.39, 0.29) is 22.6 Å². The van der Waals surface area contributed by atoms with Crippen LogP contribution in [0.2, 0.25) is 0 Å². The van der Waals surface area contributed by atoms with Gasteiger partial charge < -0.3 is 0 Å². The zero-order chi connectivity index (χ0) is 17.5. The Labute approximate surface area is 139 Å². The van der Waals surface area contributed by atoms with Crippen LogP contribution in [0.15, 0.2) is 47.6 Å². The Morgan fingerprint density at radius 1 is 1.04 bits per heavy atom. The molecule has 0 spiro atoms. The average Bonchev–Trinajstić information content (AvgIpc) is 2.80. The van der Waals surface area contributed by atoms with Crippen LogP contribution in [0.1, 0.15) is 27.6 Å². The zero-order valence-corrected chi connectivity index (χ0v) is 13.9. The van der Waals surface area contributed by atoms with Crippen LogP contribution in [0, 0.1) is 0 Å². The van der Waals surface area contributed by atoms with E-state index in [0.29, 0.717) is 5.69 Å². The van der Waals surface area contributed by atoms with Crippen LogP contribution >= 0.6 is 0 Å². The van der Waals surface area contributed by atoms with Gasteiger partial charge in [0.25, 0.3) is 21.8 Å². The first-order valence-corrected chi connectivity index (χ1v) is 8.71. The Kier molecular flexibility index (Phi) is 3.84. The fourth-order valence-electron chi connectivity index (χ4n) is 2.63. The molecule has 0 fully saturated rings. The molecule has 0 saturated carbocycles. The number of anilines is 1. The number of imide groups is 1. The van der Waals surface area contributed by atoms with Gasteiger partial charge in [-0.3, -0.25) is 23.8 Å². The maximum absolute atomic E-state index is 12.9. The molecule has 2 aromatic rings. The Balaban J connectivity index is 2.09. The Hall–Kier alpha value is -2.74. The molecule has 1 aromatic heterocycles. The lowest BCUT2D eigenvalue weighted by atomic mass is 10.1. The molecule has 124 valence electrons. The molecule has 7 nitrogen and oxygen atoms in total. The summed E-state index contributed by atoms with van der Waals surface area (Å²) in [6, 6.07) is 7.18. The summed E-state index contributed by atoms with van der Waals surface area (Å²) in [4.78, 5) is 28.8. The molecule has 0 bridgehead atoms. The van der Waals surface area contributed by atoms with Crippen molar-refractivity contribution in [2.45, 2.75) is 11.8 Å². The molecule has 0 radical (unpaired) electrons. The lowest BCUT2D eigenvalue weighted by Gasteiger charge is -2.22. The number of carbonyl (C=O) groups excluding carboxylic acids is 2. The van der Waals surface area contributed by atoms with Crippen molar-refractivity contribution < 1.29 is 18.0 Å². The van der Waals surface area contributed by atoms with Gasteiger partial charge in [-0.25, -0.2) is 8.42 Å². The van der Waals surface area contributed by atoms with Gasteiger partial charge in [0.15, 0.2) is 0 Å². The summed E-state index contributed by atoms with van der Waals surface area (Å²) >= 11 is 0. The minimum absolute atomic E-state index is 0.0311. The number of hydrogen-bond acceptors (Lipinski definition) is 5. The standard InChI is InChI=1S/C16H15N3O4S/c1-3-19(11-6-8-17-9-7-11)24(22,23)12-4-5-13-14(10-12)16(21)18(2)15(13)20/h4-10H,3H2,1-2H3. The maximum Gasteiger partial charge on any atom is 0.264 e. The minimum Gasteiger partial charge on any atom is -0.277 e. The van der Waals surface area contributed by atoms with Gasteiger partial charge in [-0.1, -0.05) is 0 Å². The largest absolute Gasteiger partial charge is 0.277 e. The van der Waals surface area contributed by atoms with Crippen molar-refractivity contribution in [2.24, 2.45) is 0 Å². The predicted molar refractivity (Wildman–Crippen MR) is 87.3 cm³/mol. The number of rotatable bonds is 4. The molecule has 8 heteroatoms. The van der Waals surface area contributed by atoms with Crippen molar-refractivity contribution in [2.75, 3.05) is 17.9 Å². The molecule has 0 saturated heterocycles. The molecule has 0 aliphatic carbocycles. The van der Waals surface area contributed by atoms with E-state index in [4.69, 9.17) is 0 Å². The van der Waals surface area contributed by atoms with E-state index in [2.05, 4.69) is 4.98 Å². The lowest BCUT2D eigenvalue weighted by Crippen LogP contribution is -2.31. The third-order valence-electron chi connectivity index (χ3n) is 3.89. The summed E-state index contributed by atoms with van der Waals surface area (Å²) in [6.45, 7) is 1.93. The first kappa shape index (κ1) is 16.1. The molecule has 0 unspecified atom stereocenters. The van der Waals surface area contributed by atoms with E-state index in [1.807, 2.05) is 0 Å². The fourth-order valence-corrected chi connectivity index (χ4v) is 4.13. The van der Waals surface area contributed by atoms with Gasteiger partial charge in [0.05, 0.1) is 21.7 Å². The van der Waals surface area contributed by atoms with Crippen LogP contribution < -0.4 is 4.31 Å². The SMILES string of the molecule is CCN(c1ccncc1)S(=O)(=O)c1ccc2c(c1)C(=O)N(C)C2=O. The quantitative estimate of drug-likeness (QED) is 0.784. The highest BCUT2D eigenvalue weighted by molar-refractivity contribution is 7.92. The van der Waals surface area contributed by atoms with Crippen LogP contribution in [0.25, 0.3) is 0 Å². The summed E-state index contributed by atoms with van der Waals surface area (Å²) < 4.78 is 27.1. The number of pyridine rings is 1. The van der Waals surface area contributed by atoms with Crippen LogP contribution in [0.4, 0.5) is 5.69 Å². The van der Waals surface area contributed by atoms with E-state index in [0.717, 1.165) is 4.90 Å². The number of nitrogens with zero attached hydrogens (tertiary/aromatic N) is 3. The van der Waals surface area contributed by atoms with Crippen molar-refractivity contribution in [3.63, 3.8) is 0 Å². The molecular weight excluding hydrogens is 330 g/mol. The van der Waals surface area contributed by atoms with E-state index in [1.54, 1.807) is 19.1 Å². The highest BCUT2D eigenvalue weighted by Crippen LogP contribution is 2.28. The summed E-state index contributed by atoms with van der Waals surface area (Å²) in [6.07, 6.45) is 3.01. The van der Waals surface area contributed by atoms with E-state index in [1.165, 1.54) is 41.9 Å². The molecule has 3 rings (SSSR count). The van der Waals surface area contributed by atoms with E-state index >= 15 is 0 Å². The number of sulfonamides is 1. The molecular formula is C16H15N3O4S. The molecule has 0 N–H and O–H groups in total. The average molecular weight is 345 g/mol. The van der Waals surface area contributed by atoms with Crippen molar-refractivity contribution in [1.29, 1.82) is 0 Å². The fraction of sp³-hybridized carbons (Fsp3) is 0.188. The molecule has 2 amide bonds. The van der Waals surface area contributed by atoms with E-state index in [9.17, 15) is 18.0 Å². The number of hydrogen-bond donors (Lipinski definition) is 0. The van der Waals surface area contributed by atoms with Crippen molar-refractivity contribution in [1.82, 2.24) is 9.88 Å². The smallest absolute Gasteiger partial charge is 0.264 e. The summed E-state index contributed by atoms with van der Waals surface area (Å²) in [5, 5.41) is 0. The summed E-state index contributed by atoms with van der Waals surface area (Å²) in [5.41, 5.74) is 0.801. The number of amides is 2. The number of benzene rings is 1. The van der Waals surface area contributed by atoms with Crippen LogP contribution in [0.3, 0.4) is 0 Å². The number of fused-ring (bicyclic) bond motifs is 1. The highest BCUT2D eigenvalue weighted by atomic mass is 32.2. The Morgan fingerprint density at radius 3 is 2.29 bits per heavy atom. The molecule has 1 aromatic carbocycles. The van der Waals surface area contributed by atoms with Crippen molar-refractivity contribution >= 4 is 27.5 Å². The zero-order valence-electron chi connectivity index (χ0n) is 13.1. The Morgan fingerprint density at radius 2 is 1.67 bits per heavy atom. The molecule has 1 aliphatic rings. The first-order chi connectivity index (χ1) is 11.4. The summed E-state index contributed by atoms with van der Waals surface area (Å²) in [7, 11) is -2.49. The molecule has 2 heterocycles. The molecule has 24 heavy (non-hydrogen) atoms. The van der Waals surface area contributed by atoms with Gasteiger partial charge in [0, 0.05) is 26.0 Å². The second kappa shape index (κ2) is 5.72. The van der Waals surface area contributed by atoms with Gasteiger partial charge in [0.1, 0.15) is 0 Å². The normalized spacial score (nSPS) is 14.0. The van der Waals surface area contributed by atoms with Crippen LogP contribution in [-0.2, 0) is 10.0 Å².